The molecule has 0 atom stereocenters. The van der Waals surface area contributed by atoms with E-state index in [-0.39, 0.29) is 11.8 Å². The molecule has 0 N–H and O–H groups in total. The molecule has 2 aliphatic rings. The van der Waals surface area contributed by atoms with Crippen LogP contribution in [0.5, 0.6) is 0 Å². The molecule has 0 aromatic carbocycles. The van der Waals surface area contributed by atoms with Crippen molar-refractivity contribution in [2.45, 2.75) is 39.3 Å². The topological polar surface area (TPSA) is 55.2 Å². The Morgan fingerprint density at radius 3 is 2.78 bits per heavy atom. The van der Waals surface area contributed by atoms with Gasteiger partial charge in [0.15, 0.2) is 6.29 Å². The largest absolute Gasteiger partial charge is 0.335 e. The summed E-state index contributed by atoms with van der Waals surface area (Å²) in [4.78, 5) is 29.3. The highest BCUT2D eigenvalue weighted by Gasteiger charge is 2.32. The number of imidazole rings is 1. The summed E-state index contributed by atoms with van der Waals surface area (Å²) in [6, 6.07) is 0. The zero-order chi connectivity index (χ0) is 12.7. The summed E-state index contributed by atoms with van der Waals surface area (Å²) in [5.74, 6) is 1.34. The summed E-state index contributed by atoms with van der Waals surface area (Å²) in [5.41, 5.74) is 1.38. The number of fused-ring (bicyclic) bond motifs is 1. The molecule has 0 radical (unpaired) electrons. The molecule has 18 heavy (non-hydrogen) atoms. The van der Waals surface area contributed by atoms with Gasteiger partial charge in [-0.2, -0.15) is 0 Å². The van der Waals surface area contributed by atoms with E-state index in [0.717, 1.165) is 43.7 Å². The Bertz CT molecular complexity index is 503. The normalized spacial score (nSPS) is 19.3. The minimum atomic E-state index is 0.222. The van der Waals surface area contributed by atoms with Gasteiger partial charge in [-0.3, -0.25) is 9.59 Å². The van der Waals surface area contributed by atoms with Crippen molar-refractivity contribution in [3.63, 3.8) is 0 Å². The van der Waals surface area contributed by atoms with E-state index in [9.17, 15) is 9.59 Å². The van der Waals surface area contributed by atoms with Crippen molar-refractivity contribution in [1.82, 2.24) is 14.5 Å². The highest BCUT2D eigenvalue weighted by molar-refractivity contribution is 5.80. The van der Waals surface area contributed by atoms with Gasteiger partial charge < -0.3 is 9.47 Å². The van der Waals surface area contributed by atoms with Crippen molar-refractivity contribution < 1.29 is 9.59 Å². The van der Waals surface area contributed by atoms with Gasteiger partial charge in [0.1, 0.15) is 11.5 Å². The maximum Gasteiger partial charge on any atom is 0.226 e. The smallest absolute Gasteiger partial charge is 0.226 e. The molecule has 5 heteroatoms. The third-order valence-corrected chi connectivity index (χ3v) is 4.11. The number of aryl methyl sites for hydroxylation is 1. The zero-order valence-corrected chi connectivity index (χ0v) is 10.6. The molecule has 1 aromatic rings. The summed E-state index contributed by atoms with van der Waals surface area (Å²) in [5, 5.41) is 0. The van der Waals surface area contributed by atoms with Crippen LogP contribution in [0.15, 0.2) is 0 Å². The molecule has 0 unspecified atom stereocenters. The predicted molar refractivity (Wildman–Crippen MR) is 65.1 cm³/mol. The lowest BCUT2D eigenvalue weighted by molar-refractivity contribution is -0.139. The average molecular weight is 247 g/mol. The molecule has 1 saturated carbocycles. The van der Waals surface area contributed by atoms with Crippen molar-refractivity contribution in [2.75, 3.05) is 6.54 Å². The summed E-state index contributed by atoms with van der Waals surface area (Å²) in [7, 11) is 0. The first-order chi connectivity index (χ1) is 8.70. The van der Waals surface area contributed by atoms with Gasteiger partial charge in [0.05, 0.1) is 12.2 Å². The van der Waals surface area contributed by atoms with E-state index >= 15 is 0 Å². The number of amides is 1. The number of rotatable bonds is 2. The molecule has 2 heterocycles. The van der Waals surface area contributed by atoms with E-state index < -0.39 is 0 Å². The van der Waals surface area contributed by atoms with E-state index in [2.05, 4.69) is 4.98 Å². The lowest BCUT2D eigenvalue weighted by Gasteiger charge is -2.34. The Kier molecular flexibility index (Phi) is 2.69. The van der Waals surface area contributed by atoms with Crippen molar-refractivity contribution >= 4 is 12.2 Å². The van der Waals surface area contributed by atoms with Crippen LogP contribution < -0.4 is 0 Å². The summed E-state index contributed by atoms with van der Waals surface area (Å²) in [6.45, 7) is 3.92. The quantitative estimate of drug-likeness (QED) is 0.737. The predicted octanol–water partition coefficient (Wildman–Crippen LogP) is 1.15. The Balaban J connectivity index is 1.83. The fraction of sp³-hybridized carbons (Fsp3) is 0.615. The minimum Gasteiger partial charge on any atom is -0.335 e. The van der Waals surface area contributed by atoms with E-state index in [1.165, 1.54) is 6.42 Å². The number of hydrogen-bond acceptors (Lipinski definition) is 3. The molecule has 1 aromatic heterocycles. The molecule has 0 bridgehead atoms. The summed E-state index contributed by atoms with van der Waals surface area (Å²) >= 11 is 0. The SMILES string of the molecule is Cc1nc(C=O)c2n1CCN(C(=O)C1CCC1)C2. The maximum absolute atomic E-state index is 12.2. The van der Waals surface area contributed by atoms with Crippen molar-refractivity contribution in [2.24, 2.45) is 5.92 Å². The molecule has 1 aliphatic carbocycles. The Morgan fingerprint density at radius 2 is 2.17 bits per heavy atom. The highest BCUT2D eigenvalue weighted by atomic mass is 16.2. The van der Waals surface area contributed by atoms with Crippen LogP contribution in [0.4, 0.5) is 0 Å². The first-order valence-corrected chi connectivity index (χ1v) is 6.50. The van der Waals surface area contributed by atoms with Gasteiger partial charge >= 0.3 is 0 Å². The number of carbonyl (C=O) groups is 2. The highest BCUT2D eigenvalue weighted by Crippen LogP contribution is 2.30. The Labute approximate surface area is 106 Å². The van der Waals surface area contributed by atoms with Crippen LogP contribution in [0.2, 0.25) is 0 Å². The van der Waals surface area contributed by atoms with Crippen molar-refractivity contribution in [1.29, 1.82) is 0 Å². The number of aromatic nitrogens is 2. The lowest BCUT2D eigenvalue weighted by Crippen LogP contribution is -2.43. The van der Waals surface area contributed by atoms with Crippen molar-refractivity contribution in [3.8, 4) is 0 Å². The summed E-state index contributed by atoms with van der Waals surface area (Å²) < 4.78 is 2.05. The second-order valence-electron chi connectivity index (χ2n) is 5.15. The second kappa shape index (κ2) is 4.23. The van der Waals surface area contributed by atoms with Crippen LogP contribution in [0, 0.1) is 12.8 Å². The zero-order valence-electron chi connectivity index (χ0n) is 10.6. The van der Waals surface area contributed by atoms with Gasteiger partial charge in [0, 0.05) is 19.0 Å². The van der Waals surface area contributed by atoms with Crippen LogP contribution in [0.3, 0.4) is 0 Å². The molecular formula is C13H17N3O2. The molecule has 96 valence electrons. The van der Waals surface area contributed by atoms with Crippen LogP contribution in [-0.4, -0.2) is 33.2 Å². The first-order valence-electron chi connectivity index (χ1n) is 6.50. The van der Waals surface area contributed by atoms with E-state index in [0.29, 0.717) is 12.2 Å². The summed E-state index contributed by atoms with van der Waals surface area (Å²) in [6.07, 6.45) is 4.00. The van der Waals surface area contributed by atoms with Gasteiger partial charge in [-0.25, -0.2) is 4.98 Å². The number of carbonyl (C=O) groups excluding carboxylic acids is 2. The molecule has 3 rings (SSSR count). The number of aldehydes is 1. The molecule has 1 amide bonds. The molecule has 5 nitrogen and oxygen atoms in total. The van der Waals surface area contributed by atoms with Crippen molar-refractivity contribution in [3.05, 3.63) is 17.2 Å². The van der Waals surface area contributed by atoms with E-state index in [4.69, 9.17) is 0 Å². The fourth-order valence-electron chi connectivity index (χ4n) is 2.77. The fourth-order valence-corrected chi connectivity index (χ4v) is 2.77. The van der Waals surface area contributed by atoms with Gasteiger partial charge in [-0.05, 0) is 19.8 Å². The van der Waals surface area contributed by atoms with Crippen LogP contribution >= 0.6 is 0 Å². The van der Waals surface area contributed by atoms with Gasteiger partial charge in [0.2, 0.25) is 5.91 Å². The third-order valence-electron chi connectivity index (χ3n) is 4.11. The second-order valence-corrected chi connectivity index (χ2v) is 5.15. The van der Waals surface area contributed by atoms with Gasteiger partial charge in [0.25, 0.3) is 0 Å². The molecular weight excluding hydrogens is 230 g/mol. The molecule has 1 aliphatic heterocycles. The molecule has 0 saturated heterocycles. The van der Waals surface area contributed by atoms with Crippen LogP contribution in [0.25, 0.3) is 0 Å². The van der Waals surface area contributed by atoms with E-state index in [1.807, 2.05) is 16.4 Å². The monoisotopic (exact) mass is 247 g/mol. The molecule has 0 spiro atoms. The minimum absolute atomic E-state index is 0.222. The van der Waals surface area contributed by atoms with E-state index in [1.54, 1.807) is 0 Å². The lowest BCUT2D eigenvalue weighted by atomic mass is 9.84. The van der Waals surface area contributed by atoms with Crippen LogP contribution in [0.1, 0.15) is 41.3 Å². The first kappa shape index (κ1) is 11.4. The van der Waals surface area contributed by atoms with Gasteiger partial charge in [-0.15, -0.1) is 0 Å². The maximum atomic E-state index is 12.2. The number of hydrogen-bond donors (Lipinski definition) is 0. The number of nitrogens with zero attached hydrogens (tertiary/aromatic N) is 3. The Morgan fingerprint density at radius 1 is 1.39 bits per heavy atom. The van der Waals surface area contributed by atoms with Crippen LogP contribution in [-0.2, 0) is 17.9 Å². The Hall–Kier alpha value is -1.65. The standard InChI is InChI=1S/C13H17N3O2/c1-9-14-11(8-17)12-7-15(5-6-16(9)12)13(18)10-3-2-4-10/h8,10H,2-7H2,1H3. The average Bonchev–Trinajstić information content (AvgIpc) is 2.63. The van der Waals surface area contributed by atoms with Gasteiger partial charge in [-0.1, -0.05) is 6.42 Å². The third kappa shape index (κ3) is 1.65. The molecule has 1 fully saturated rings.